The highest BCUT2D eigenvalue weighted by Crippen LogP contribution is 2.29. The standard InChI is InChI=1S/C24H22N2O/c27-24(19-11-10-17-5-1-2-6-18(17)14-19)25-15-16-9-12-23-21(13-16)20-7-3-4-8-22(20)26-23/h1-2,5-6,9-14,26H,3-4,7-8,15H2,(H,25,27). The summed E-state index contributed by atoms with van der Waals surface area (Å²) in [6.45, 7) is 0.543. The van der Waals surface area contributed by atoms with Gasteiger partial charge in [0.25, 0.3) is 5.91 Å². The molecule has 0 bridgehead atoms. The summed E-state index contributed by atoms with van der Waals surface area (Å²) in [5.74, 6) is -0.0306. The first kappa shape index (κ1) is 16.1. The van der Waals surface area contributed by atoms with Crippen LogP contribution in [0.1, 0.15) is 40.0 Å². The van der Waals surface area contributed by atoms with Crippen LogP contribution in [0.3, 0.4) is 0 Å². The predicted molar refractivity (Wildman–Crippen MR) is 110 cm³/mol. The van der Waals surface area contributed by atoms with Gasteiger partial charge in [-0.25, -0.2) is 0 Å². The molecule has 0 radical (unpaired) electrons. The highest BCUT2D eigenvalue weighted by Gasteiger charge is 2.15. The highest BCUT2D eigenvalue weighted by molar-refractivity contribution is 5.98. The van der Waals surface area contributed by atoms with Crippen LogP contribution in [0.25, 0.3) is 21.7 Å². The minimum absolute atomic E-state index is 0.0306. The van der Waals surface area contributed by atoms with Crippen LogP contribution in [0, 0.1) is 0 Å². The highest BCUT2D eigenvalue weighted by atomic mass is 16.1. The van der Waals surface area contributed by atoms with Gasteiger partial charge in [0, 0.05) is 28.7 Å². The van der Waals surface area contributed by atoms with E-state index in [1.165, 1.54) is 35.0 Å². The number of carbonyl (C=O) groups excluding carboxylic acids is 1. The fourth-order valence-corrected chi connectivity index (χ4v) is 4.18. The van der Waals surface area contributed by atoms with Crippen molar-refractivity contribution in [2.45, 2.75) is 32.2 Å². The van der Waals surface area contributed by atoms with Crippen LogP contribution in [-0.2, 0) is 19.4 Å². The molecule has 1 aliphatic carbocycles. The molecular weight excluding hydrogens is 332 g/mol. The Kier molecular flexibility index (Phi) is 3.93. The first-order valence-corrected chi connectivity index (χ1v) is 9.67. The van der Waals surface area contributed by atoms with E-state index in [1.807, 2.05) is 36.4 Å². The van der Waals surface area contributed by atoms with Crippen molar-refractivity contribution in [1.82, 2.24) is 10.3 Å². The van der Waals surface area contributed by atoms with Crippen molar-refractivity contribution < 1.29 is 4.79 Å². The molecule has 0 unspecified atom stereocenters. The van der Waals surface area contributed by atoms with E-state index >= 15 is 0 Å². The van der Waals surface area contributed by atoms with Gasteiger partial charge in [-0.05, 0) is 71.8 Å². The van der Waals surface area contributed by atoms with Crippen molar-refractivity contribution in [2.75, 3.05) is 0 Å². The molecule has 1 aromatic heterocycles. The van der Waals surface area contributed by atoms with Gasteiger partial charge in [-0.3, -0.25) is 4.79 Å². The summed E-state index contributed by atoms with van der Waals surface area (Å²) in [4.78, 5) is 16.2. The smallest absolute Gasteiger partial charge is 0.251 e. The summed E-state index contributed by atoms with van der Waals surface area (Å²) in [5.41, 5.74) is 5.93. The molecule has 0 spiro atoms. The van der Waals surface area contributed by atoms with Crippen LogP contribution >= 0.6 is 0 Å². The van der Waals surface area contributed by atoms with Gasteiger partial charge in [-0.2, -0.15) is 0 Å². The maximum atomic E-state index is 12.6. The number of benzene rings is 3. The number of amides is 1. The van der Waals surface area contributed by atoms with Gasteiger partial charge in [0.1, 0.15) is 0 Å². The monoisotopic (exact) mass is 354 g/mol. The quantitative estimate of drug-likeness (QED) is 0.526. The van der Waals surface area contributed by atoms with Crippen LogP contribution in [0.4, 0.5) is 0 Å². The number of H-pyrrole nitrogens is 1. The van der Waals surface area contributed by atoms with Gasteiger partial charge >= 0.3 is 0 Å². The average molecular weight is 354 g/mol. The zero-order valence-electron chi connectivity index (χ0n) is 15.2. The second-order valence-corrected chi connectivity index (χ2v) is 7.41. The summed E-state index contributed by atoms with van der Waals surface area (Å²) < 4.78 is 0. The van der Waals surface area contributed by atoms with Crippen molar-refractivity contribution in [3.63, 3.8) is 0 Å². The molecule has 2 N–H and O–H groups in total. The third-order valence-electron chi connectivity index (χ3n) is 5.63. The Labute approximate surface area is 158 Å². The Bertz CT molecular complexity index is 1160. The number of carbonyl (C=O) groups is 1. The Morgan fingerprint density at radius 1 is 0.926 bits per heavy atom. The Morgan fingerprint density at radius 2 is 1.78 bits per heavy atom. The van der Waals surface area contributed by atoms with Crippen LogP contribution in [0.5, 0.6) is 0 Å². The van der Waals surface area contributed by atoms with Gasteiger partial charge < -0.3 is 10.3 Å². The van der Waals surface area contributed by atoms with Gasteiger partial charge in [-0.1, -0.05) is 36.4 Å². The van der Waals surface area contributed by atoms with Crippen LogP contribution in [-0.4, -0.2) is 10.9 Å². The largest absolute Gasteiger partial charge is 0.358 e. The van der Waals surface area contributed by atoms with Crippen molar-refractivity contribution in [3.8, 4) is 0 Å². The topological polar surface area (TPSA) is 44.9 Å². The van der Waals surface area contributed by atoms with Gasteiger partial charge in [0.2, 0.25) is 0 Å². The molecule has 1 heterocycles. The Morgan fingerprint density at radius 3 is 2.70 bits per heavy atom. The van der Waals surface area contributed by atoms with Gasteiger partial charge in [0.15, 0.2) is 0 Å². The van der Waals surface area contributed by atoms with Crippen LogP contribution in [0.2, 0.25) is 0 Å². The van der Waals surface area contributed by atoms with Crippen LogP contribution in [0.15, 0.2) is 60.7 Å². The summed E-state index contributed by atoms with van der Waals surface area (Å²) in [6.07, 6.45) is 4.84. The lowest BCUT2D eigenvalue weighted by atomic mass is 9.95. The summed E-state index contributed by atoms with van der Waals surface area (Å²) >= 11 is 0. The van der Waals surface area contributed by atoms with E-state index in [9.17, 15) is 4.79 Å². The second-order valence-electron chi connectivity index (χ2n) is 7.41. The normalized spacial score (nSPS) is 13.6. The lowest BCUT2D eigenvalue weighted by molar-refractivity contribution is 0.0951. The molecule has 27 heavy (non-hydrogen) atoms. The minimum atomic E-state index is -0.0306. The fourth-order valence-electron chi connectivity index (χ4n) is 4.18. The first-order valence-electron chi connectivity index (χ1n) is 9.67. The lowest BCUT2D eigenvalue weighted by Gasteiger charge is -2.11. The molecule has 3 aromatic carbocycles. The van der Waals surface area contributed by atoms with E-state index in [-0.39, 0.29) is 5.91 Å². The van der Waals surface area contributed by atoms with Gasteiger partial charge in [-0.15, -0.1) is 0 Å². The SMILES string of the molecule is O=C(NCc1ccc2[nH]c3c(c2c1)CCCC3)c1ccc2ccccc2c1. The number of hydrogen-bond donors (Lipinski definition) is 2. The second kappa shape index (κ2) is 6.58. The molecule has 5 rings (SSSR count). The maximum absolute atomic E-state index is 12.6. The molecule has 3 nitrogen and oxygen atoms in total. The van der Waals surface area contributed by atoms with Crippen molar-refractivity contribution in [3.05, 3.63) is 83.0 Å². The number of fused-ring (bicyclic) bond motifs is 4. The zero-order chi connectivity index (χ0) is 18.2. The van der Waals surface area contributed by atoms with Crippen molar-refractivity contribution >= 4 is 27.6 Å². The Balaban J connectivity index is 1.36. The maximum Gasteiger partial charge on any atom is 0.251 e. The zero-order valence-corrected chi connectivity index (χ0v) is 15.2. The Hall–Kier alpha value is -3.07. The molecule has 4 aromatic rings. The van der Waals surface area contributed by atoms with E-state index in [1.54, 1.807) is 0 Å². The van der Waals surface area contributed by atoms with E-state index in [0.29, 0.717) is 12.1 Å². The third-order valence-corrected chi connectivity index (χ3v) is 5.63. The summed E-state index contributed by atoms with van der Waals surface area (Å²) in [5, 5.41) is 6.63. The van der Waals surface area contributed by atoms with E-state index in [4.69, 9.17) is 0 Å². The molecule has 0 fully saturated rings. The number of rotatable bonds is 3. The molecule has 0 atom stereocenters. The van der Waals surface area contributed by atoms with Crippen molar-refractivity contribution in [2.24, 2.45) is 0 Å². The summed E-state index contributed by atoms with van der Waals surface area (Å²) in [6, 6.07) is 20.4. The molecular formula is C24H22N2O. The van der Waals surface area contributed by atoms with E-state index < -0.39 is 0 Å². The van der Waals surface area contributed by atoms with Gasteiger partial charge in [0.05, 0.1) is 0 Å². The number of aromatic nitrogens is 1. The first-order chi connectivity index (χ1) is 13.3. The molecule has 1 aliphatic rings. The summed E-state index contributed by atoms with van der Waals surface area (Å²) in [7, 11) is 0. The molecule has 134 valence electrons. The number of aryl methyl sites for hydroxylation is 2. The van der Waals surface area contributed by atoms with E-state index in [2.05, 4.69) is 34.6 Å². The lowest BCUT2D eigenvalue weighted by Crippen LogP contribution is -2.22. The molecule has 3 heteroatoms. The number of aromatic amines is 1. The molecule has 0 aliphatic heterocycles. The number of nitrogens with one attached hydrogen (secondary N) is 2. The molecule has 0 saturated carbocycles. The molecule has 0 saturated heterocycles. The van der Waals surface area contributed by atoms with Crippen LogP contribution < -0.4 is 5.32 Å². The van der Waals surface area contributed by atoms with Crippen molar-refractivity contribution in [1.29, 1.82) is 0 Å². The molecule has 1 amide bonds. The van der Waals surface area contributed by atoms with E-state index in [0.717, 1.165) is 29.2 Å². The predicted octanol–water partition coefficient (Wildman–Crippen LogP) is 5.13. The average Bonchev–Trinajstić information content (AvgIpc) is 3.09. The fraction of sp³-hybridized carbons (Fsp3) is 0.208. The number of hydrogen-bond acceptors (Lipinski definition) is 1. The minimum Gasteiger partial charge on any atom is -0.358 e. The third kappa shape index (κ3) is 2.99.